The van der Waals surface area contributed by atoms with Crippen LogP contribution in [0.4, 0.5) is 0 Å². The van der Waals surface area contributed by atoms with Gasteiger partial charge < -0.3 is 23.8 Å². The second kappa shape index (κ2) is 9.94. The number of esters is 1. The fourth-order valence-electron chi connectivity index (χ4n) is 4.34. The number of rotatable bonds is 6. The summed E-state index contributed by atoms with van der Waals surface area (Å²) in [6.07, 6.45) is 4.42. The van der Waals surface area contributed by atoms with Crippen LogP contribution in [0.25, 0.3) is 17.0 Å². The number of carbonyl (C=O) groups excluding carboxylic acids is 3. The van der Waals surface area contributed by atoms with Gasteiger partial charge in [0.15, 0.2) is 5.11 Å². The first-order chi connectivity index (χ1) is 16.3. The molecule has 2 aliphatic rings. The third-order valence-corrected chi connectivity index (χ3v) is 6.70. The highest BCUT2D eigenvalue weighted by Crippen LogP contribution is 2.30. The maximum atomic E-state index is 13.0. The molecular formula is C24H28N4O5S. The molecule has 2 fully saturated rings. The largest absolute Gasteiger partial charge is 0.468 e. The van der Waals surface area contributed by atoms with E-state index >= 15 is 0 Å². The quantitative estimate of drug-likeness (QED) is 0.350. The van der Waals surface area contributed by atoms with Crippen molar-refractivity contribution in [3.8, 4) is 0 Å². The molecule has 0 N–H and O–H groups in total. The maximum absolute atomic E-state index is 13.0. The lowest BCUT2D eigenvalue weighted by atomic mass is 10.1. The maximum Gasteiger partial charge on any atom is 0.325 e. The number of benzene rings is 1. The van der Waals surface area contributed by atoms with Crippen molar-refractivity contribution >= 4 is 52.1 Å². The lowest BCUT2D eigenvalue weighted by Gasteiger charge is -2.27. The third kappa shape index (κ3) is 4.43. The van der Waals surface area contributed by atoms with Gasteiger partial charge in [-0.25, -0.2) is 0 Å². The summed E-state index contributed by atoms with van der Waals surface area (Å²) in [6, 6.07) is 5.99. The Kier molecular flexibility index (Phi) is 6.99. The number of ether oxygens (including phenoxy) is 2. The molecule has 10 heteroatoms. The molecular weight excluding hydrogens is 456 g/mol. The van der Waals surface area contributed by atoms with Crippen molar-refractivity contribution in [3.05, 3.63) is 41.2 Å². The highest BCUT2D eigenvalue weighted by Gasteiger charge is 2.37. The van der Waals surface area contributed by atoms with Crippen LogP contribution in [0.3, 0.4) is 0 Å². The van der Waals surface area contributed by atoms with Gasteiger partial charge in [0, 0.05) is 37.3 Å². The number of thiocarbonyl (C=S) groups is 1. The van der Waals surface area contributed by atoms with E-state index in [1.165, 1.54) is 16.9 Å². The number of carbonyl (C=O) groups is 3. The molecule has 1 aromatic carbocycles. The van der Waals surface area contributed by atoms with Gasteiger partial charge in [-0.3, -0.25) is 19.3 Å². The molecule has 9 nitrogen and oxygen atoms in total. The number of hydrogen-bond donors (Lipinski definition) is 0. The lowest BCUT2D eigenvalue weighted by Crippen LogP contribution is -2.42. The second-order valence-electron chi connectivity index (χ2n) is 8.21. The lowest BCUT2D eigenvalue weighted by molar-refractivity contribution is -0.140. The molecule has 3 heterocycles. The molecule has 2 amide bonds. The summed E-state index contributed by atoms with van der Waals surface area (Å²) in [5.41, 5.74) is 3.13. The van der Waals surface area contributed by atoms with Gasteiger partial charge in [-0.15, -0.1) is 0 Å². The van der Waals surface area contributed by atoms with Crippen LogP contribution >= 0.6 is 12.2 Å². The van der Waals surface area contributed by atoms with E-state index in [4.69, 9.17) is 21.7 Å². The molecule has 0 spiro atoms. The molecule has 2 aliphatic heterocycles. The number of methoxy groups -OCH3 is 1. The van der Waals surface area contributed by atoms with Crippen LogP contribution in [-0.2, 0) is 36.8 Å². The number of para-hydroxylation sites is 1. The number of morpholine rings is 1. The van der Waals surface area contributed by atoms with Gasteiger partial charge in [0.2, 0.25) is 5.91 Å². The van der Waals surface area contributed by atoms with Gasteiger partial charge in [-0.2, -0.15) is 0 Å². The van der Waals surface area contributed by atoms with Crippen LogP contribution in [0.2, 0.25) is 0 Å². The van der Waals surface area contributed by atoms with E-state index in [1.54, 1.807) is 13.1 Å². The number of nitrogens with zero attached hydrogens (tertiary/aromatic N) is 4. The number of aryl methyl sites for hydroxylation is 1. The summed E-state index contributed by atoms with van der Waals surface area (Å²) in [5, 5.41) is 1.16. The monoisotopic (exact) mass is 484 g/mol. The predicted octanol–water partition coefficient (Wildman–Crippen LogP) is 1.64. The first kappa shape index (κ1) is 23.9. The van der Waals surface area contributed by atoms with Crippen molar-refractivity contribution in [1.82, 2.24) is 19.3 Å². The van der Waals surface area contributed by atoms with Crippen molar-refractivity contribution in [2.75, 3.05) is 47.0 Å². The highest BCUT2D eigenvalue weighted by atomic mass is 32.1. The molecule has 2 aromatic rings. The van der Waals surface area contributed by atoms with Crippen LogP contribution < -0.4 is 0 Å². The van der Waals surface area contributed by atoms with E-state index in [1.807, 2.05) is 33.9 Å². The van der Waals surface area contributed by atoms with Gasteiger partial charge in [-0.05, 0) is 30.3 Å². The van der Waals surface area contributed by atoms with Gasteiger partial charge in [0.1, 0.15) is 18.8 Å². The number of likely N-dealkylation sites (N-methyl/N-ethyl adjacent to an activating group) is 1. The molecule has 0 radical (unpaired) electrons. The average Bonchev–Trinajstić information content (AvgIpc) is 3.30. The van der Waals surface area contributed by atoms with Gasteiger partial charge in [-0.1, -0.05) is 25.1 Å². The van der Waals surface area contributed by atoms with E-state index in [2.05, 4.69) is 6.92 Å². The number of fused-ring (bicyclic) bond motifs is 1. The summed E-state index contributed by atoms with van der Waals surface area (Å²) in [6.45, 7) is 4.34. The van der Waals surface area contributed by atoms with Crippen LogP contribution in [0.5, 0.6) is 0 Å². The van der Waals surface area contributed by atoms with Crippen molar-refractivity contribution in [1.29, 1.82) is 0 Å². The molecule has 0 atom stereocenters. The Bertz CT molecular complexity index is 1180. The predicted molar refractivity (Wildman–Crippen MR) is 131 cm³/mol. The van der Waals surface area contributed by atoms with E-state index in [0.29, 0.717) is 32.0 Å². The van der Waals surface area contributed by atoms with Gasteiger partial charge in [0.05, 0.1) is 25.8 Å². The summed E-state index contributed by atoms with van der Waals surface area (Å²) in [7, 11) is 2.87. The molecule has 1 aromatic heterocycles. The molecule has 180 valence electrons. The Morgan fingerprint density at radius 3 is 2.62 bits per heavy atom. The zero-order valence-corrected chi connectivity index (χ0v) is 20.4. The molecule has 0 saturated carbocycles. The van der Waals surface area contributed by atoms with Crippen LogP contribution in [-0.4, -0.2) is 89.2 Å². The average molecular weight is 485 g/mol. The minimum atomic E-state index is -0.497. The Morgan fingerprint density at radius 1 is 1.21 bits per heavy atom. The first-order valence-electron chi connectivity index (χ1n) is 11.2. The normalized spacial score (nSPS) is 17.9. The van der Waals surface area contributed by atoms with Crippen LogP contribution in [0, 0.1) is 0 Å². The van der Waals surface area contributed by atoms with E-state index in [0.717, 1.165) is 28.5 Å². The van der Waals surface area contributed by atoms with Crippen molar-refractivity contribution in [2.45, 2.75) is 19.9 Å². The van der Waals surface area contributed by atoms with Crippen LogP contribution in [0.1, 0.15) is 18.1 Å². The van der Waals surface area contributed by atoms with E-state index < -0.39 is 5.97 Å². The number of aromatic nitrogens is 1. The summed E-state index contributed by atoms with van der Waals surface area (Å²) < 4.78 is 12.1. The van der Waals surface area contributed by atoms with Crippen LogP contribution in [0.15, 0.2) is 30.1 Å². The zero-order chi connectivity index (χ0) is 24.4. The minimum absolute atomic E-state index is 0.0236. The number of amides is 2. The van der Waals surface area contributed by atoms with Crippen molar-refractivity contribution in [2.24, 2.45) is 0 Å². The fraction of sp³-hybridized carbons (Fsp3) is 0.417. The smallest absolute Gasteiger partial charge is 0.325 e. The van der Waals surface area contributed by atoms with Crippen molar-refractivity contribution < 1.29 is 23.9 Å². The molecule has 34 heavy (non-hydrogen) atoms. The zero-order valence-electron chi connectivity index (χ0n) is 19.6. The molecule has 0 bridgehead atoms. The van der Waals surface area contributed by atoms with E-state index in [-0.39, 0.29) is 30.0 Å². The Hall–Kier alpha value is -3.24. The summed E-state index contributed by atoms with van der Waals surface area (Å²) in [5.74, 6) is -0.774. The highest BCUT2D eigenvalue weighted by molar-refractivity contribution is 7.80. The Labute approximate surface area is 203 Å². The standard InChI is InChI=1S/C24H28N4O5S/c1-4-16-6-5-7-18-17(12-19-23(31)25(2)24(34)28(19)15-21(30)32-3)13-27(22(16)18)14-20(29)26-8-10-33-11-9-26/h5-7,12-13H,4,8-11,14-15H2,1-3H3/b19-12-. The topological polar surface area (TPSA) is 84.3 Å². The number of hydrogen-bond acceptors (Lipinski definition) is 6. The SMILES string of the molecule is CCc1cccc2c(/C=C3/C(=O)N(C)C(=S)N3CC(=O)OC)cn(CC(=O)N3CCOCC3)c12. The van der Waals surface area contributed by atoms with Gasteiger partial charge >= 0.3 is 5.97 Å². The fourth-order valence-corrected chi connectivity index (χ4v) is 4.59. The molecule has 0 unspecified atom stereocenters. The van der Waals surface area contributed by atoms with Gasteiger partial charge in [0.25, 0.3) is 5.91 Å². The van der Waals surface area contributed by atoms with Crippen molar-refractivity contribution in [3.63, 3.8) is 0 Å². The third-order valence-electron chi connectivity index (χ3n) is 6.20. The molecule has 0 aliphatic carbocycles. The molecule has 2 saturated heterocycles. The van der Waals surface area contributed by atoms with E-state index in [9.17, 15) is 14.4 Å². The summed E-state index contributed by atoms with van der Waals surface area (Å²) in [4.78, 5) is 42.5. The Balaban J connectivity index is 1.77. The molecule has 4 rings (SSSR count). The minimum Gasteiger partial charge on any atom is -0.468 e. The Morgan fingerprint density at radius 2 is 1.94 bits per heavy atom. The summed E-state index contributed by atoms with van der Waals surface area (Å²) >= 11 is 5.39. The first-order valence-corrected chi connectivity index (χ1v) is 11.6. The second-order valence-corrected chi connectivity index (χ2v) is 8.58.